The Morgan fingerprint density at radius 2 is 1.89 bits per heavy atom. The molecule has 0 bridgehead atoms. The first kappa shape index (κ1) is 20.4. The summed E-state index contributed by atoms with van der Waals surface area (Å²) in [5.74, 6) is 0.620. The van der Waals surface area contributed by atoms with Gasteiger partial charge in [0.15, 0.2) is 0 Å². The fraction of sp³-hybridized carbons (Fsp3) is 0.500. The summed E-state index contributed by atoms with van der Waals surface area (Å²) in [7, 11) is 0. The number of benzene rings is 1. The lowest BCUT2D eigenvalue weighted by Crippen LogP contribution is -2.55. The Morgan fingerprint density at radius 1 is 1.14 bits per heavy atom. The fourth-order valence-corrected chi connectivity index (χ4v) is 3.73. The van der Waals surface area contributed by atoms with Gasteiger partial charge in [0.1, 0.15) is 0 Å². The van der Waals surface area contributed by atoms with Gasteiger partial charge in [0.05, 0.1) is 11.4 Å². The van der Waals surface area contributed by atoms with Crippen LogP contribution in [-0.4, -0.2) is 69.8 Å². The van der Waals surface area contributed by atoms with E-state index in [1.807, 2.05) is 48.2 Å². The Hall–Kier alpha value is -2.31. The monoisotopic (exact) mass is 382 g/mol. The molecule has 1 aromatic carbocycles. The molecule has 0 spiro atoms. The first-order valence-corrected chi connectivity index (χ1v) is 10.0. The third kappa shape index (κ3) is 4.94. The van der Waals surface area contributed by atoms with Crippen molar-refractivity contribution in [2.45, 2.75) is 33.2 Å². The number of aliphatic hydroxyl groups is 1. The van der Waals surface area contributed by atoms with Gasteiger partial charge in [-0.15, -0.1) is 0 Å². The molecule has 1 aliphatic rings. The van der Waals surface area contributed by atoms with E-state index in [0.29, 0.717) is 24.4 Å². The minimum atomic E-state index is 0.0497. The molecule has 2 heterocycles. The zero-order valence-electron chi connectivity index (χ0n) is 17.0. The second-order valence-electron chi connectivity index (χ2n) is 7.94. The van der Waals surface area contributed by atoms with Crippen LogP contribution in [-0.2, 0) is 0 Å². The van der Waals surface area contributed by atoms with E-state index in [-0.39, 0.29) is 18.6 Å². The van der Waals surface area contributed by atoms with E-state index in [1.165, 1.54) is 0 Å². The van der Waals surface area contributed by atoms with E-state index in [1.54, 1.807) is 0 Å². The first-order chi connectivity index (χ1) is 13.5. The van der Waals surface area contributed by atoms with Crippen molar-refractivity contribution in [2.24, 2.45) is 5.92 Å². The smallest absolute Gasteiger partial charge is 0.253 e. The van der Waals surface area contributed by atoms with Gasteiger partial charge in [0, 0.05) is 50.0 Å². The number of aromatic nitrogens is 2. The van der Waals surface area contributed by atoms with E-state index in [0.717, 1.165) is 36.6 Å². The van der Waals surface area contributed by atoms with E-state index >= 15 is 0 Å². The van der Waals surface area contributed by atoms with Gasteiger partial charge in [-0.2, -0.15) is 10.2 Å². The van der Waals surface area contributed by atoms with Gasteiger partial charge in [0.2, 0.25) is 0 Å². The predicted octanol–water partition coefficient (Wildman–Crippen LogP) is 2.62. The highest BCUT2D eigenvalue weighted by molar-refractivity contribution is 5.94. The van der Waals surface area contributed by atoms with Crippen LogP contribution in [0.25, 0.3) is 11.3 Å². The van der Waals surface area contributed by atoms with Crippen LogP contribution < -0.4 is 0 Å². The van der Waals surface area contributed by atoms with Crippen molar-refractivity contribution < 1.29 is 9.90 Å². The largest absolute Gasteiger partial charge is 0.396 e. The lowest BCUT2D eigenvalue weighted by Gasteiger charge is -2.42. The van der Waals surface area contributed by atoms with Gasteiger partial charge in [-0.25, -0.2) is 0 Å². The zero-order chi connectivity index (χ0) is 20.1. The molecule has 1 saturated heterocycles. The van der Waals surface area contributed by atoms with Gasteiger partial charge in [-0.3, -0.25) is 9.69 Å². The van der Waals surface area contributed by atoms with Crippen LogP contribution in [0, 0.1) is 12.8 Å². The summed E-state index contributed by atoms with van der Waals surface area (Å²) in [4.78, 5) is 17.3. The van der Waals surface area contributed by atoms with E-state index in [4.69, 9.17) is 0 Å². The standard InChI is InChI=1S/C22H30N4O2/c1-16(2)14-25-11-12-26(15-20(25)10-13-27)22(28)19-7-5-18(6-8-19)21-9-4-17(3)23-24-21/h4-9,16,20,27H,10-15H2,1-3H3/t20-/m1/s1. The molecule has 3 rings (SSSR count). The van der Waals surface area contributed by atoms with E-state index < -0.39 is 0 Å². The molecule has 1 aromatic heterocycles. The van der Waals surface area contributed by atoms with Crippen molar-refractivity contribution in [3.63, 3.8) is 0 Å². The Morgan fingerprint density at radius 3 is 2.50 bits per heavy atom. The maximum absolute atomic E-state index is 13.0. The average molecular weight is 383 g/mol. The molecule has 0 aliphatic carbocycles. The number of nitrogens with zero attached hydrogens (tertiary/aromatic N) is 4. The molecule has 2 aromatic rings. The lowest BCUT2D eigenvalue weighted by molar-refractivity contribution is 0.0384. The summed E-state index contributed by atoms with van der Waals surface area (Å²) in [6.45, 7) is 9.69. The van der Waals surface area contributed by atoms with Crippen LogP contribution in [0.5, 0.6) is 0 Å². The number of hydrogen-bond acceptors (Lipinski definition) is 5. The molecule has 0 saturated carbocycles. The number of hydrogen-bond donors (Lipinski definition) is 1. The normalized spacial score (nSPS) is 17.9. The topological polar surface area (TPSA) is 69.6 Å². The summed E-state index contributed by atoms with van der Waals surface area (Å²) in [6.07, 6.45) is 0.696. The molecule has 1 N–H and O–H groups in total. The van der Waals surface area contributed by atoms with Gasteiger partial charge in [-0.05, 0) is 43.5 Å². The molecule has 1 amide bonds. The molecule has 0 unspecified atom stereocenters. The summed E-state index contributed by atoms with van der Waals surface area (Å²) in [5.41, 5.74) is 3.31. The van der Waals surface area contributed by atoms with Crippen LogP contribution in [0.3, 0.4) is 0 Å². The third-order valence-electron chi connectivity index (χ3n) is 5.18. The van der Waals surface area contributed by atoms with Crippen LogP contribution in [0.4, 0.5) is 0 Å². The summed E-state index contributed by atoms with van der Waals surface area (Å²) in [6, 6.07) is 11.7. The van der Waals surface area contributed by atoms with Crippen molar-refractivity contribution in [2.75, 3.05) is 32.8 Å². The molecule has 6 heteroatoms. The molecule has 1 aliphatic heterocycles. The minimum absolute atomic E-state index is 0.0497. The first-order valence-electron chi connectivity index (χ1n) is 10.0. The number of aryl methyl sites for hydroxylation is 1. The Labute approximate surface area is 167 Å². The van der Waals surface area contributed by atoms with Gasteiger partial charge in [0.25, 0.3) is 5.91 Å². The highest BCUT2D eigenvalue weighted by Crippen LogP contribution is 2.20. The number of aliphatic hydroxyl groups excluding tert-OH is 1. The quantitative estimate of drug-likeness (QED) is 0.832. The predicted molar refractivity (Wildman–Crippen MR) is 110 cm³/mol. The lowest BCUT2D eigenvalue weighted by atomic mass is 10.0. The van der Waals surface area contributed by atoms with Crippen molar-refractivity contribution >= 4 is 5.91 Å². The number of amides is 1. The maximum Gasteiger partial charge on any atom is 0.253 e. The maximum atomic E-state index is 13.0. The van der Waals surface area contributed by atoms with Crippen molar-refractivity contribution in [3.8, 4) is 11.3 Å². The fourth-order valence-electron chi connectivity index (χ4n) is 3.73. The highest BCUT2D eigenvalue weighted by Gasteiger charge is 2.29. The highest BCUT2D eigenvalue weighted by atomic mass is 16.3. The molecule has 6 nitrogen and oxygen atoms in total. The van der Waals surface area contributed by atoms with E-state index in [2.05, 4.69) is 28.9 Å². The zero-order valence-corrected chi connectivity index (χ0v) is 17.0. The number of rotatable bonds is 6. The van der Waals surface area contributed by atoms with Gasteiger partial charge >= 0.3 is 0 Å². The minimum Gasteiger partial charge on any atom is -0.396 e. The van der Waals surface area contributed by atoms with E-state index in [9.17, 15) is 9.90 Å². The summed E-state index contributed by atoms with van der Waals surface area (Å²) < 4.78 is 0. The van der Waals surface area contributed by atoms with Crippen molar-refractivity contribution in [1.29, 1.82) is 0 Å². The molecular weight excluding hydrogens is 352 g/mol. The second-order valence-corrected chi connectivity index (χ2v) is 7.94. The summed E-state index contributed by atoms with van der Waals surface area (Å²) in [5, 5.41) is 17.7. The molecular formula is C22H30N4O2. The van der Waals surface area contributed by atoms with Gasteiger partial charge < -0.3 is 10.0 Å². The number of carbonyl (C=O) groups excluding carboxylic acids is 1. The SMILES string of the molecule is Cc1ccc(-c2ccc(C(=O)N3CCN(CC(C)C)[C@H](CCO)C3)cc2)nn1. The number of piperazine rings is 1. The molecule has 0 radical (unpaired) electrons. The average Bonchev–Trinajstić information content (AvgIpc) is 2.69. The molecule has 28 heavy (non-hydrogen) atoms. The van der Waals surface area contributed by atoms with Crippen LogP contribution in [0.1, 0.15) is 36.3 Å². The van der Waals surface area contributed by atoms with Crippen LogP contribution in [0.15, 0.2) is 36.4 Å². The Kier molecular flexibility index (Phi) is 6.75. The summed E-state index contributed by atoms with van der Waals surface area (Å²) >= 11 is 0. The molecule has 1 fully saturated rings. The number of carbonyl (C=O) groups is 1. The Balaban J connectivity index is 1.68. The van der Waals surface area contributed by atoms with Crippen molar-refractivity contribution in [3.05, 3.63) is 47.7 Å². The second kappa shape index (κ2) is 9.26. The Bertz CT molecular complexity index is 774. The van der Waals surface area contributed by atoms with Crippen molar-refractivity contribution in [1.82, 2.24) is 20.0 Å². The molecule has 150 valence electrons. The van der Waals surface area contributed by atoms with Crippen LogP contribution >= 0.6 is 0 Å². The third-order valence-corrected chi connectivity index (χ3v) is 5.18. The van der Waals surface area contributed by atoms with Crippen LogP contribution in [0.2, 0.25) is 0 Å². The molecule has 1 atom stereocenters. The van der Waals surface area contributed by atoms with Gasteiger partial charge in [-0.1, -0.05) is 26.0 Å².